The molecule has 0 radical (unpaired) electrons. The van der Waals surface area contributed by atoms with Gasteiger partial charge in [0, 0.05) is 22.5 Å². The molecule has 1 amide bonds. The van der Waals surface area contributed by atoms with Crippen molar-refractivity contribution in [3.63, 3.8) is 0 Å². The second kappa shape index (κ2) is 6.49. The molecule has 1 aromatic rings. The Morgan fingerprint density at radius 3 is 2.48 bits per heavy atom. The minimum absolute atomic E-state index is 0.110. The van der Waals surface area contributed by atoms with Crippen LogP contribution in [0.5, 0.6) is 0 Å². The lowest BCUT2D eigenvalue weighted by atomic mass is 9.75. The van der Waals surface area contributed by atoms with E-state index in [2.05, 4.69) is 45.5 Å². The number of amides is 1. The van der Waals surface area contributed by atoms with E-state index in [-0.39, 0.29) is 11.8 Å². The van der Waals surface area contributed by atoms with Gasteiger partial charge in [-0.15, -0.1) is 0 Å². The lowest BCUT2D eigenvalue weighted by Crippen LogP contribution is -2.47. The summed E-state index contributed by atoms with van der Waals surface area (Å²) in [5.74, 6) is 0.688. The van der Waals surface area contributed by atoms with Gasteiger partial charge in [-0.25, -0.2) is 0 Å². The van der Waals surface area contributed by atoms with Crippen molar-refractivity contribution in [3.05, 3.63) is 34.3 Å². The van der Waals surface area contributed by atoms with Gasteiger partial charge in [-0.1, -0.05) is 28.1 Å². The predicted octanol–water partition coefficient (Wildman–Crippen LogP) is 3.33. The molecule has 0 aromatic heterocycles. The summed E-state index contributed by atoms with van der Waals surface area (Å²) in [6.07, 6.45) is 6.54. The number of rotatable bonds is 4. The fraction of sp³-hybridized carbons (Fsp3) is 0.588. The number of hydrogen-bond acceptors (Lipinski definition) is 2. The summed E-state index contributed by atoms with van der Waals surface area (Å²) >= 11 is 3.54. The Morgan fingerprint density at radius 2 is 1.86 bits per heavy atom. The molecule has 2 aliphatic rings. The van der Waals surface area contributed by atoms with Gasteiger partial charge in [-0.05, 0) is 62.1 Å². The average molecular weight is 351 g/mol. The lowest BCUT2D eigenvalue weighted by Gasteiger charge is -2.40. The molecule has 4 heteroatoms. The van der Waals surface area contributed by atoms with E-state index in [1.807, 2.05) is 0 Å². The van der Waals surface area contributed by atoms with Gasteiger partial charge >= 0.3 is 0 Å². The van der Waals surface area contributed by atoms with E-state index in [0.717, 1.165) is 25.7 Å². The molecule has 3 rings (SSSR count). The molecule has 2 aliphatic carbocycles. The van der Waals surface area contributed by atoms with Gasteiger partial charge in [-0.2, -0.15) is 0 Å². The zero-order valence-corrected chi connectivity index (χ0v) is 13.8. The number of nitrogens with two attached hydrogens (primary N) is 1. The van der Waals surface area contributed by atoms with Gasteiger partial charge in [0.15, 0.2) is 0 Å². The van der Waals surface area contributed by atoms with Crippen molar-refractivity contribution < 1.29 is 4.79 Å². The van der Waals surface area contributed by atoms with Crippen LogP contribution in [-0.4, -0.2) is 18.0 Å². The van der Waals surface area contributed by atoms with Crippen LogP contribution in [0.15, 0.2) is 28.7 Å². The van der Waals surface area contributed by atoms with E-state index >= 15 is 0 Å². The molecule has 2 saturated carbocycles. The highest BCUT2D eigenvalue weighted by atomic mass is 79.9. The van der Waals surface area contributed by atoms with Crippen LogP contribution in [0.4, 0.5) is 0 Å². The van der Waals surface area contributed by atoms with Crippen LogP contribution >= 0.6 is 15.9 Å². The molecule has 0 atom stereocenters. The third-order valence-corrected chi connectivity index (χ3v) is 5.55. The molecule has 0 heterocycles. The number of hydrogen-bond donors (Lipinski definition) is 2. The molecule has 3 nitrogen and oxygen atoms in total. The summed E-state index contributed by atoms with van der Waals surface area (Å²) in [6.45, 7) is 0. The van der Waals surface area contributed by atoms with Crippen molar-refractivity contribution >= 4 is 21.8 Å². The highest BCUT2D eigenvalue weighted by Crippen LogP contribution is 2.38. The molecule has 0 spiro atoms. The smallest absolute Gasteiger partial charge is 0.220 e. The van der Waals surface area contributed by atoms with E-state index in [1.165, 1.54) is 22.9 Å². The van der Waals surface area contributed by atoms with Crippen molar-refractivity contribution in [3.8, 4) is 0 Å². The number of carbonyl (C=O) groups excluding carboxylic acids is 1. The summed E-state index contributed by atoms with van der Waals surface area (Å²) in [4.78, 5) is 11.2. The van der Waals surface area contributed by atoms with Crippen molar-refractivity contribution in [2.75, 3.05) is 0 Å². The van der Waals surface area contributed by atoms with Crippen LogP contribution in [0.1, 0.15) is 50.0 Å². The third kappa shape index (κ3) is 3.67. The van der Waals surface area contributed by atoms with E-state index in [1.54, 1.807) is 0 Å². The molecule has 114 valence electrons. The maximum absolute atomic E-state index is 11.2. The second-order valence-electron chi connectivity index (χ2n) is 6.54. The van der Waals surface area contributed by atoms with Crippen molar-refractivity contribution in [1.29, 1.82) is 0 Å². The van der Waals surface area contributed by atoms with Crippen molar-refractivity contribution in [2.24, 2.45) is 11.7 Å². The molecule has 21 heavy (non-hydrogen) atoms. The molecule has 2 fully saturated rings. The predicted molar refractivity (Wildman–Crippen MR) is 88.0 cm³/mol. The van der Waals surface area contributed by atoms with Gasteiger partial charge in [-0.3, -0.25) is 4.79 Å². The Kier molecular flexibility index (Phi) is 4.65. The first-order chi connectivity index (χ1) is 10.1. The average Bonchev–Trinajstić information content (AvgIpc) is 2.43. The summed E-state index contributed by atoms with van der Waals surface area (Å²) < 4.78 is 1.17. The molecular formula is C17H23BrN2O. The minimum atomic E-state index is -0.119. The van der Waals surface area contributed by atoms with Crippen LogP contribution < -0.4 is 11.1 Å². The Labute approximate surface area is 134 Å². The highest BCUT2D eigenvalue weighted by Gasteiger charge is 2.33. The largest absolute Gasteiger partial charge is 0.369 e. The van der Waals surface area contributed by atoms with Crippen LogP contribution in [0, 0.1) is 5.92 Å². The van der Waals surface area contributed by atoms with Gasteiger partial charge in [0.25, 0.3) is 0 Å². The van der Waals surface area contributed by atoms with Crippen molar-refractivity contribution in [1.82, 2.24) is 5.32 Å². The number of halogens is 1. The summed E-state index contributed by atoms with van der Waals surface area (Å²) in [5, 5.41) is 3.77. The topological polar surface area (TPSA) is 55.1 Å². The van der Waals surface area contributed by atoms with Crippen LogP contribution in [0.25, 0.3) is 0 Å². The summed E-state index contributed by atoms with van der Waals surface area (Å²) in [5.41, 5.74) is 6.83. The first kappa shape index (κ1) is 15.0. The monoisotopic (exact) mass is 350 g/mol. The molecule has 3 N–H and O–H groups in total. The third-order valence-electron chi connectivity index (χ3n) is 5.06. The molecule has 0 bridgehead atoms. The number of carbonyl (C=O) groups is 1. The fourth-order valence-electron chi connectivity index (χ4n) is 3.66. The van der Waals surface area contributed by atoms with Crippen molar-refractivity contribution in [2.45, 2.75) is 56.5 Å². The first-order valence-electron chi connectivity index (χ1n) is 7.92. The molecule has 0 saturated heterocycles. The zero-order valence-electron chi connectivity index (χ0n) is 12.2. The standard InChI is InChI=1S/C17H23BrN2O/c18-14-3-1-2-12(8-14)13-9-16(10-13)20-15-6-4-11(5-7-15)17(19)21/h1-3,8,11,13,15-16,20H,4-7,9-10H2,(H2,19,21). The summed E-state index contributed by atoms with van der Waals surface area (Å²) in [6, 6.07) is 9.88. The van der Waals surface area contributed by atoms with Gasteiger partial charge in [0.2, 0.25) is 5.91 Å². The van der Waals surface area contributed by atoms with Crippen LogP contribution in [-0.2, 0) is 4.79 Å². The number of benzene rings is 1. The Bertz CT molecular complexity index is 505. The molecule has 1 aromatic carbocycles. The van der Waals surface area contributed by atoms with E-state index in [0.29, 0.717) is 18.0 Å². The quantitative estimate of drug-likeness (QED) is 0.874. The Morgan fingerprint density at radius 1 is 1.14 bits per heavy atom. The highest BCUT2D eigenvalue weighted by molar-refractivity contribution is 9.10. The SMILES string of the molecule is NC(=O)C1CCC(NC2CC(c3cccc(Br)c3)C2)CC1. The first-order valence-corrected chi connectivity index (χ1v) is 8.72. The molecule has 0 unspecified atom stereocenters. The van der Waals surface area contributed by atoms with E-state index in [9.17, 15) is 4.79 Å². The number of primary amides is 1. The summed E-state index contributed by atoms with van der Waals surface area (Å²) in [7, 11) is 0. The maximum atomic E-state index is 11.2. The van der Waals surface area contributed by atoms with Gasteiger partial charge < -0.3 is 11.1 Å². The number of nitrogens with one attached hydrogen (secondary N) is 1. The fourth-order valence-corrected chi connectivity index (χ4v) is 4.08. The van der Waals surface area contributed by atoms with E-state index in [4.69, 9.17) is 5.73 Å². The maximum Gasteiger partial charge on any atom is 0.220 e. The van der Waals surface area contributed by atoms with Crippen LogP contribution in [0.3, 0.4) is 0 Å². The van der Waals surface area contributed by atoms with E-state index < -0.39 is 0 Å². The van der Waals surface area contributed by atoms with Crippen LogP contribution in [0.2, 0.25) is 0 Å². The molecule has 0 aliphatic heterocycles. The van der Waals surface area contributed by atoms with Gasteiger partial charge in [0.1, 0.15) is 0 Å². The Hall–Kier alpha value is -0.870. The minimum Gasteiger partial charge on any atom is -0.369 e. The zero-order chi connectivity index (χ0) is 14.8. The Balaban J connectivity index is 1.42. The second-order valence-corrected chi connectivity index (χ2v) is 7.45. The lowest BCUT2D eigenvalue weighted by molar-refractivity contribution is -0.122. The molecular weight excluding hydrogens is 328 g/mol. The normalized spacial score (nSPS) is 32.4. The van der Waals surface area contributed by atoms with Gasteiger partial charge in [0.05, 0.1) is 0 Å².